The van der Waals surface area contributed by atoms with Gasteiger partial charge in [-0.15, -0.1) is 0 Å². The first-order chi connectivity index (χ1) is 15.2. The molecule has 0 radical (unpaired) electrons. The van der Waals surface area contributed by atoms with E-state index in [1.165, 1.54) is 6.08 Å². The Kier molecular flexibility index (Phi) is 9.74. The Bertz CT molecular complexity index is 741. The molecule has 32 heavy (non-hydrogen) atoms. The largest absolute Gasteiger partial charge is 0.352 e. The molecule has 0 unspecified atom stereocenters. The second-order valence-corrected chi connectivity index (χ2v) is 9.00. The van der Waals surface area contributed by atoms with Gasteiger partial charge in [0, 0.05) is 31.8 Å². The van der Waals surface area contributed by atoms with E-state index in [1.54, 1.807) is 23.1 Å². The number of hydrogen-bond acceptors (Lipinski definition) is 4. The summed E-state index contributed by atoms with van der Waals surface area (Å²) in [7, 11) is 0. The summed E-state index contributed by atoms with van der Waals surface area (Å²) >= 11 is 0. The van der Waals surface area contributed by atoms with Gasteiger partial charge in [0.05, 0.1) is 0 Å². The number of carbonyl (C=O) groups is 4. The summed E-state index contributed by atoms with van der Waals surface area (Å²) in [6.07, 6.45) is 8.92. The maximum Gasteiger partial charge on any atom is 0.318 e. The van der Waals surface area contributed by atoms with E-state index in [0.29, 0.717) is 26.1 Å². The molecule has 4 N–H and O–H groups in total. The van der Waals surface area contributed by atoms with E-state index >= 15 is 0 Å². The lowest BCUT2D eigenvalue weighted by Gasteiger charge is -2.27. The molecule has 0 aliphatic carbocycles. The van der Waals surface area contributed by atoms with Crippen molar-refractivity contribution in [3.8, 4) is 0 Å². The third-order valence-corrected chi connectivity index (χ3v) is 5.62. The molecule has 2 aliphatic rings. The van der Waals surface area contributed by atoms with Gasteiger partial charge in [0.2, 0.25) is 17.7 Å². The van der Waals surface area contributed by atoms with Gasteiger partial charge >= 0.3 is 6.03 Å². The van der Waals surface area contributed by atoms with Gasteiger partial charge in [0.15, 0.2) is 0 Å². The minimum Gasteiger partial charge on any atom is -0.352 e. The van der Waals surface area contributed by atoms with Gasteiger partial charge in [0.25, 0.3) is 0 Å². The van der Waals surface area contributed by atoms with Crippen LogP contribution in [-0.4, -0.2) is 66.4 Å². The number of likely N-dealkylation sites (tertiary alicyclic amines) is 1. The summed E-state index contributed by atoms with van der Waals surface area (Å²) in [6.45, 7) is 9.38. The fourth-order valence-electron chi connectivity index (χ4n) is 3.58. The highest BCUT2D eigenvalue weighted by atomic mass is 16.2. The summed E-state index contributed by atoms with van der Waals surface area (Å²) < 4.78 is 0. The molecular formula is C23H37N5O4. The van der Waals surface area contributed by atoms with Crippen LogP contribution in [0.2, 0.25) is 0 Å². The molecule has 2 aliphatic heterocycles. The zero-order valence-electron chi connectivity index (χ0n) is 19.5. The van der Waals surface area contributed by atoms with Gasteiger partial charge in [0.1, 0.15) is 12.1 Å². The molecule has 2 heterocycles. The molecule has 1 saturated heterocycles. The number of carbonyl (C=O) groups excluding carboxylic acids is 4. The van der Waals surface area contributed by atoms with Crippen LogP contribution in [0.4, 0.5) is 4.79 Å². The van der Waals surface area contributed by atoms with Crippen molar-refractivity contribution < 1.29 is 19.2 Å². The van der Waals surface area contributed by atoms with Crippen LogP contribution in [0.15, 0.2) is 24.3 Å². The Hall–Kier alpha value is -2.84. The topological polar surface area (TPSA) is 120 Å². The van der Waals surface area contributed by atoms with Gasteiger partial charge in [-0.25, -0.2) is 4.79 Å². The average molecular weight is 448 g/mol. The average Bonchev–Trinajstić information content (AvgIpc) is 3.27. The van der Waals surface area contributed by atoms with Crippen LogP contribution in [0.25, 0.3) is 0 Å². The van der Waals surface area contributed by atoms with E-state index in [4.69, 9.17) is 0 Å². The Morgan fingerprint density at radius 3 is 2.41 bits per heavy atom. The predicted molar refractivity (Wildman–Crippen MR) is 123 cm³/mol. The maximum absolute atomic E-state index is 13.1. The highest BCUT2D eigenvalue weighted by molar-refractivity contribution is 5.93. The fraction of sp³-hybridized carbons (Fsp3) is 0.652. The molecule has 1 fully saturated rings. The minimum atomic E-state index is -0.891. The Labute approximate surface area is 190 Å². The quantitative estimate of drug-likeness (QED) is 0.471. The van der Waals surface area contributed by atoms with Crippen LogP contribution in [0.3, 0.4) is 0 Å². The number of amides is 5. The highest BCUT2D eigenvalue weighted by Gasteiger charge is 2.30. The lowest BCUT2D eigenvalue weighted by molar-refractivity contribution is -0.129. The van der Waals surface area contributed by atoms with E-state index in [-0.39, 0.29) is 35.7 Å². The molecule has 5 amide bonds. The summed E-state index contributed by atoms with van der Waals surface area (Å²) in [5.74, 6) is -1.09. The standard InChI is InChI=1S/C23H37N5O4/c1-15(2)17-10-11-19(29)24-12-6-5-9-18(21(30)25-17)26-22(31)20(16(3)4)27-23(32)28-13-7-8-14-28/h5,9-11,15-18,20H,6-8,12-14H2,1-4H3,(H,24,29)(H,25,30)(H,26,31)(H,27,32)/b9-5+,11-10+/t17-,18+,20+/m1/s1. The SMILES string of the molecule is CC(C)[C@H](NC(=O)N1CCCC1)C(=O)N[C@H]1/C=C/CCNC(=O)/C=C/[C@H](C(C)C)NC1=O. The molecule has 0 aromatic rings. The summed E-state index contributed by atoms with van der Waals surface area (Å²) in [5.41, 5.74) is 0. The first-order valence-electron chi connectivity index (χ1n) is 11.5. The smallest absolute Gasteiger partial charge is 0.318 e. The van der Waals surface area contributed by atoms with E-state index in [0.717, 1.165) is 12.8 Å². The molecule has 0 aromatic carbocycles. The first kappa shape index (κ1) is 25.4. The van der Waals surface area contributed by atoms with Crippen LogP contribution in [0.1, 0.15) is 47.0 Å². The number of nitrogens with zero attached hydrogens (tertiary/aromatic N) is 1. The molecule has 9 heteroatoms. The van der Waals surface area contributed by atoms with Gasteiger partial charge in [-0.1, -0.05) is 45.9 Å². The molecule has 0 bridgehead atoms. The van der Waals surface area contributed by atoms with Crippen LogP contribution in [-0.2, 0) is 14.4 Å². The van der Waals surface area contributed by atoms with Crippen molar-refractivity contribution in [3.05, 3.63) is 24.3 Å². The van der Waals surface area contributed by atoms with Crippen LogP contribution in [0, 0.1) is 11.8 Å². The van der Waals surface area contributed by atoms with Gasteiger partial charge in [-0.2, -0.15) is 0 Å². The lowest BCUT2D eigenvalue weighted by atomic mass is 10.0. The van der Waals surface area contributed by atoms with Gasteiger partial charge < -0.3 is 26.2 Å². The van der Waals surface area contributed by atoms with Crippen molar-refractivity contribution in [1.82, 2.24) is 26.2 Å². The van der Waals surface area contributed by atoms with Gasteiger partial charge in [-0.3, -0.25) is 14.4 Å². The van der Waals surface area contributed by atoms with Crippen molar-refractivity contribution in [1.29, 1.82) is 0 Å². The van der Waals surface area contributed by atoms with Crippen molar-refractivity contribution in [3.63, 3.8) is 0 Å². The van der Waals surface area contributed by atoms with E-state index in [9.17, 15) is 19.2 Å². The summed E-state index contributed by atoms with van der Waals surface area (Å²) in [5, 5.41) is 11.3. The van der Waals surface area contributed by atoms with Crippen LogP contribution >= 0.6 is 0 Å². The number of hydrogen-bond donors (Lipinski definition) is 4. The Morgan fingerprint density at radius 2 is 1.78 bits per heavy atom. The van der Waals surface area contributed by atoms with Crippen molar-refractivity contribution in [2.24, 2.45) is 11.8 Å². The minimum absolute atomic E-state index is 0.0504. The van der Waals surface area contributed by atoms with Crippen molar-refractivity contribution in [2.45, 2.75) is 65.1 Å². The second kappa shape index (κ2) is 12.3. The molecule has 0 saturated carbocycles. The lowest BCUT2D eigenvalue weighted by Crippen LogP contribution is -2.57. The van der Waals surface area contributed by atoms with Crippen molar-refractivity contribution in [2.75, 3.05) is 19.6 Å². The van der Waals surface area contributed by atoms with E-state index < -0.39 is 18.0 Å². The molecule has 0 aromatic heterocycles. The van der Waals surface area contributed by atoms with Gasteiger partial charge in [-0.05, 0) is 31.1 Å². The molecular weight excluding hydrogens is 410 g/mol. The molecule has 2 rings (SSSR count). The van der Waals surface area contributed by atoms with Crippen molar-refractivity contribution >= 4 is 23.8 Å². The van der Waals surface area contributed by atoms with Crippen LogP contribution in [0.5, 0.6) is 0 Å². The highest BCUT2D eigenvalue weighted by Crippen LogP contribution is 2.10. The number of nitrogens with one attached hydrogen (secondary N) is 4. The predicted octanol–water partition coefficient (Wildman–Crippen LogP) is 1.07. The van der Waals surface area contributed by atoms with E-state index in [2.05, 4.69) is 21.3 Å². The Balaban J connectivity index is 2.13. The third kappa shape index (κ3) is 7.69. The molecule has 3 atom stereocenters. The monoisotopic (exact) mass is 447 g/mol. The normalized spacial score (nSPS) is 25.2. The fourth-order valence-corrected chi connectivity index (χ4v) is 3.58. The zero-order chi connectivity index (χ0) is 23.7. The number of rotatable bonds is 5. The zero-order valence-corrected chi connectivity index (χ0v) is 19.5. The second-order valence-electron chi connectivity index (χ2n) is 9.00. The van der Waals surface area contributed by atoms with E-state index in [1.807, 2.05) is 27.7 Å². The first-order valence-corrected chi connectivity index (χ1v) is 11.5. The summed E-state index contributed by atoms with van der Waals surface area (Å²) in [6, 6.07) is -2.27. The third-order valence-electron chi connectivity index (χ3n) is 5.62. The van der Waals surface area contributed by atoms with Crippen LogP contribution < -0.4 is 21.3 Å². The summed E-state index contributed by atoms with van der Waals surface area (Å²) in [4.78, 5) is 52.1. The molecule has 178 valence electrons. The Morgan fingerprint density at radius 1 is 1.09 bits per heavy atom. The maximum atomic E-state index is 13.1. The molecule has 0 spiro atoms. The number of urea groups is 1. The molecule has 9 nitrogen and oxygen atoms in total.